The molecule has 0 fully saturated rings. The predicted octanol–water partition coefficient (Wildman–Crippen LogP) is 12.1. The Morgan fingerprint density at radius 3 is 1.48 bits per heavy atom. The number of benzene rings is 4. The summed E-state index contributed by atoms with van der Waals surface area (Å²) >= 11 is 0. The zero-order chi connectivity index (χ0) is 32.2. The van der Waals surface area contributed by atoms with Crippen molar-refractivity contribution in [3.63, 3.8) is 0 Å². The fraction of sp³-hybridized carbons (Fsp3) is 0.381. The van der Waals surface area contributed by atoms with E-state index in [-0.39, 0.29) is 23.7 Å². The maximum Gasteiger partial charge on any atom is 0.0991 e. The molecule has 0 unspecified atom stereocenters. The highest BCUT2D eigenvalue weighted by molar-refractivity contribution is 5.84. The standard InChI is InChI=1S/C15H18.C14H17N.C12H15N.CH4/c1-11-9-12-7-5-6-8-13(12)10-14(11)15(2,3)4;1-10-8-13-11(6-5-7-15-13)9-12(10)14(2,3)4;1-9-7-10(8-13)5-6-11(9)12(2,3)4;/h5-10H,1-4H3;5-9H,1-4H3;5-7H,1-4H3;1H4. The van der Waals surface area contributed by atoms with Gasteiger partial charge in [-0.15, -0.1) is 0 Å². The first-order chi connectivity index (χ1) is 19.9. The zero-order valence-electron chi connectivity index (χ0n) is 28.5. The van der Waals surface area contributed by atoms with Crippen LogP contribution in [-0.2, 0) is 16.2 Å². The Kier molecular flexibility index (Phi) is 11.7. The Hall–Kier alpha value is -3.96. The smallest absolute Gasteiger partial charge is 0.0991 e. The molecule has 0 saturated heterocycles. The molecule has 0 N–H and O–H groups in total. The van der Waals surface area contributed by atoms with Crippen LogP contribution in [0.1, 0.15) is 109 Å². The van der Waals surface area contributed by atoms with Crippen LogP contribution in [0.5, 0.6) is 0 Å². The van der Waals surface area contributed by atoms with Gasteiger partial charge in [0.2, 0.25) is 0 Å². The van der Waals surface area contributed by atoms with Gasteiger partial charge in [-0.3, -0.25) is 4.98 Å². The van der Waals surface area contributed by atoms with E-state index in [4.69, 9.17) is 5.26 Å². The fourth-order valence-corrected chi connectivity index (χ4v) is 5.77. The first-order valence-electron chi connectivity index (χ1n) is 15.3. The van der Waals surface area contributed by atoms with Crippen LogP contribution in [0.4, 0.5) is 0 Å². The van der Waals surface area contributed by atoms with Crippen LogP contribution in [0.15, 0.2) is 85.1 Å². The summed E-state index contributed by atoms with van der Waals surface area (Å²) in [6.07, 6.45) is 1.85. The third kappa shape index (κ3) is 9.27. The van der Waals surface area contributed by atoms with E-state index in [9.17, 15) is 0 Å². The average molecular weight is 587 g/mol. The molecule has 0 aliphatic rings. The molecule has 4 aromatic carbocycles. The highest BCUT2D eigenvalue weighted by Crippen LogP contribution is 2.30. The molecule has 0 radical (unpaired) electrons. The molecule has 0 bridgehead atoms. The number of nitrogens with zero attached hydrogens (tertiary/aromatic N) is 2. The van der Waals surface area contributed by atoms with Gasteiger partial charge in [-0.1, -0.05) is 118 Å². The van der Waals surface area contributed by atoms with Gasteiger partial charge in [0, 0.05) is 11.6 Å². The average Bonchev–Trinajstić information content (AvgIpc) is 2.91. The Morgan fingerprint density at radius 2 is 0.977 bits per heavy atom. The number of nitriles is 1. The lowest BCUT2D eigenvalue weighted by Crippen LogP contribution is -2.12. The molecule has 2 nitrogen and oxygen atoms in total. The molecule has 2 heteroatoms. The van der Waals surface area contributed by atoms with E-state index < -0.39 is 0 Å². The summed E-state index contributed by atoms with van der Waals surface area (Å²) in [7, 11) is 0. The molecule has 1 heterocycles. The molecule has 0 amide bonds. The molecule has 5 rings (SSSR count). The molecule has 1 aromatic heterocycles. The van der Waals surface area contributed by atoms with E-state index in [1.54, 1.807) is 0 Å². The molecule has 0 spiro atoms. The molecule has 0 saturated carbocycles. The van der Waals surface area contributed by atoms with Gasteiger partial charge in [-0.25, -0.2) is 0 Å². The summed E-state index contributed by atoms with van der Waals surface area (Å²) < 4.78 is 0. The van der Waals surface area contributed by atoms with Gasteiger partial charge in [0.1, 0.15) is 0 Å². The van der Waals surface area contributed by atoms with Crippen LogP contribution in [0.25, 0.3) is 21.7 Å². The number of pyridine rings is 1. The van der Waals surface area contributed by atoms with Crippen LogP contribution in [0, 0.1) is 32.1 Å². The maximum atomic E-state index is 8.71. The third-order valence-corrected chi connectivity index (χ3v) is 7.82. The van der Waals surface area contributed by atoms with Crippen molar-refractivity contribution in [3.8, 4) is 6.07 Å². The van der Waals surface area contributed by atoms with Crippen LogP contribution in [-0.4, -0.2) is 4.98 Å². The lowest BCUT2D eigenvalue weighted by Gasteiger charge is -2.22. The monoisotopic (exact) mass is 586 g/mol. The minimum Gasteiger partial charge on any atom is -0.256 e. The molecular weight excluding hydrogens is 532 g/mol. The molecular formula is C42H54N2. The van der Waals surface area contributed by atoms with Crippen molar-refractivity contribution >= 4 is 21.7 Å². The van der Waals surface area contributed by atoms with Gasteiger partial charge in [-0.05, 0) is 112 Å². The number of hydrogen-bond acceptors (Lipinski definition) is 2. The molecule has 232 valence electrons. The topological polar surface area (TPSA) is 36.7 Å². The first-order valence-corrected chi connectivity index (χ1v) is 15.3. The van der Waals surface area contributed by atoms with Crippen LogP contribution < -0.4 is 0 Å². The number of hydrogen-bond donors (Lipinski definition) is 0. The summed E-state index contributed by atoms with van der Waals surface area (Å²) in [4.78, 5) is 4.37. The number of rotatable bonds is 0. The van der Waals surface area contributed by atoms with Gasteiger partial charge in [0.15, 0.2) is 0 Å². The molecule has 0 aliphatic heterocycles. The number of fused-ring (bicyclic) bond motifs is 2. The van der Waals surface area contributed by atoms with Gasteiger partial charge < -0.3 is 0 Å². The van der Waals surface area contributed by atoms with E-state index in [2.05, 4.69) is 149 Å². The van der Waals surface area contributed by atoms with E-state index in [1.165, 1.54) is 49.5 Å². The molecule has 0 atom stereocenters. The summed E-state index contributed by atoms with van der Waals surface area (Å²) in [5, 5.41) is 12.6. The highest BCUT2D eigenvalue weighted by atomic mass is 14.6. The summed E-state index contributed by atoms with van der Waals surface area (Å²) in [5.41, 5.74) is 10.5. The zero-order valence-corrected chi connectivity index (χ0v) is 28.5. The number of aromatic nitrogens is 1. The van der Waals surface area contributed by atoms with E-state index >= 15 is 0 Å². The lowest BCUT2D eigenvalue weighted by molar-refractivity contribution is 0.586. The minimum atomic E-state index is 0. The summed E-state index contributed by atoms with van der Waals surface area (Å²) in [6, 6.07) is 29.7. The summed E-state index contributed by atoms with van der Waals surface area (Å²) in [6.45, 7) is 26.5. The largest absolute Gasteiger partial charge is 0.256 e. The van der Waals surface area contributed by atoms with Crippen molar-refractivity contribution in [2.75, 3.05) is 0 Å². The Morgan fingerprint density at radius 1 is 0.523 bits per heavy atom. The van der Waals surface area contributed by atoms with Gasteiger partial charge in [-0.2, -0.15) is 5.26 Å². The first kappa shape index (κ1) is 36.2. The third-order valence-electron chi connectivity index (χ3n) is 7.82. The SMILES string of the molecule is C.Cc1cc(C#N)ccc1C(C)(C)C.Cc1cc2ccccc2cc1C(C)(C)C.Cc1cc2ncccc2cc1C(C)(C)C. The highest BCUT2D eigenvalue weighted by Gasteiger charge is 2.18. The van der Waals surface area contributed by atoms with Gasteiger partial charge >= 0.3 is 0 Å². The molecule has 44 heavy (non-hydrogen) atoms. The van der Waals surface area contributed by atoms with Crippen molar-refractivity contribution < 1.29 is 0 Å². The van der Waals surface area contributed by atoms with Crippen molar-refractivity contribution in [1.82, 2.24) is 4.98 Å². The molecule has 5 aromatic rings. The Bertz CT molecular complexity index is 1650. The van der Waals surface area contributed by atoms with Crippen molar-refractivity contribution in [3.05, 3.63) is 124 Å². The van der Waals surface area contributed by atoms with E-state index in [0.29, 0.717) is 0 Å². The Labute approximate surface area is 268 Å². The predicted molar refractivity (Wildman–Crippen MR) is 194 cm³/mol. The van der Waals surface area contributed by atoms with E-state index in [0.717, 1.165) is 11.1 Å². The van der Waals surface area contributed by atoms with Crippen molar-refractivity contribution in [1.29, 1.82) is 5.26 Å². The van der Waals surface area contributed by atoms with Crippen molar-refractivity contribution in [2.24, 2.45) is 0 Å². The van der Waals surface area contributed by atoms with Crippen LogP contribution >= 0.6 is 0 Å². The second-order valence-electron chi connectivity index (χ2n) is 14.8. The van der Waals surface area contributed by atoms with E-state index in [1.807, 2.05) is 30.5 Å². The maximum absolute atomic E-state index is 8.71. The number of aryl methyl sites for hydroxylation is 3. The van der Waals surface area contributed by atoms with Gasteiger partial charge in [0.25, 0.3) is 0 Å². The quantitative estimate of drug-likeness (QED) is 0.181. The Balaban J connectivity index is 0.000000228. The van der Waals surface area contributed by atoms with Crippen LogP contribution in [0.2, 0.25) is 0 Å². The second-order valence-corrected chi connectivity index (χ2v) is 14.8. The summed E-state index contributed by atoms with van der Waals surface area (Å²) in [5.74, 6) is 0. The lowest BCUT2D eigenvalue weighted by atomic mass is 9.83. The van der Waals surface area contributed by atoms with Crippen molar-refractivity contribution in [2.45, 2.75) is 107 Å². The molecule has 0 aliphatic carbocycles. The van der Waals surface area contributed by atoms with Gasteiger partial charge in [0.05, 0.1) is 17.1 Å². The normalized spacial score (nSPS) is 11.4. The fourth-order valence-electron chi connectivity index (χ4n) is 5.77. The van der Waals surface area contributed by atoms with Crippen LogP contribution in [0.3, 0.4) is 0 Å². The minimum absolute atomic E-state index is 0. The second kappa shape index (κ2) is 14.2.